The molecule has 0 amide bonds. The summed E-state index contributed by atoms with van der Waals surface area (Å²) in [7, 11) is 2.41. The Bertz CT molecular complexity index is 804. The number of aliphatic hydroxyl groups excluding tert-OH is 1. The van der Waals surface area contributed by atoms with E-state index in [4.69, 9.17) is 14.2 Å². The van der Waals surface area contributed by atoms with E-state index >= 15 is 0 Å². The molecule has 3 rings (SSSR count). The summed E-state index contributed by atoms with van der Waals surface area (Å²) in [5, 5.41) is 12.9. The minimum atomic E-state index is -0.746. The lowest BCUT2D eigenvalue weighted by atomic mass is 9.93. The highest BCUT2D eigenvalue weighted by Crippen LogP contribution is 2.36. The van der Waals surface area contributed by atoms with Crippen LogP contribution in [0.1, 0.15) is 25.7 Å². The van der Waals surface area contributed by atoms with Gasteiger partial charge in [-0.15, -0.1) is 0 Å². The van der Waals surface area contributed by atoms with Crippen LogP contribution >= 0.6 is 0 Å². The van der Waals surface area contributed by atoms with E-state index in [1.165, 1.54) is 31.3 Å². The van der Waals surface area contributed by atoms with Crippen molar-refractivity contribution >= 4 is 23.3 Å². The second-order valence-electron chi connectivity index (χ2n) is 7.00. The van der Waals surface area contributed by atoms with Gasteiger partial charge < -0.3 is 29.5 Å². The van der Waals surface area contributed by atoms with E-state index < -0.39 is 17.8 Å². The zero-order valence-corrected chi connectivity index (χ0v) is 16.4. The van der Waals surface area contributed by atoms with Crippen LogP contribution in [0.5, 0.6) is 0 Å². The van der Waals surface area contributed by atoms with Gasteiger partial charge in [0, 0.05) is 6.04 Å². The van der Waals surface area contributed by atoms with Crippen LogP contribution in [0, 0.1) is 5.82 Å². The number of carbonyl (C=O) groups excluding carboxylic acids is 2. The highest BCUT2D eigenvalue weighted by molar-refractivity contribution is 6.04. The Morgan fingerprint density at radius 1 is 1.17 bits per heavy atom. The summed E-state index contributed by atoms with van der Waals surface area (Å²) in [6, 6.07) is 4.44. The van der Waals surface area contributed by atoms with Gasteiger partial charge in [0.25, 0.3) is 0 Å². The van der Waals surface area contributed by atoms with Gasteiger partial charge in [-0.1, -0.05) is 6.07 Å². The molecule has 1 aromatic carbocycles. The lowest BCUT2D eigenvalue weighted by molar-refractivity contribution is -0.140. The number of benzene rings is 1. The molecule has 0 aromatic heterocycles. The van der Waals surface area contributed by atoms with Gasteiger partial charge >= 0.3 is 11.9 Å². The van der Waals surface area contributed by atoms with Crippen LogP contribution in [-0.2, 0) is 23.8 Å². The summed E-state index contributed by atoms with van der Waals surface area (Å²) in [5.74, 6) is -1.96. The average Bonchev–Trinajstić information content (AvgIpc) is 2.75. The van der Waals surface area contributed by atoms with Gasteiger partial charge in [-0.25, -0.2) is 14.0 Å². The smallest absolute Gasteiger partial charge is 0.355 e. The van der Waals surface area contributed by atoms with Gasteiger partial charge in [-0.3, -0.25) is 0 Å². The molecule has 29 heavy (non-hydrogen) atoms. The fraction of sp³-hybridized carbons (Fsp3) is 0.500. The van der Waals surface area contributed by atoms with E-state index in [0.717, 1.165) is 0 Å². The fourth-order valence-corrected chi connectivity index (χ4v) is 3.64. The summed E-state index contributed by atoms with van der Waals surface area (Å²) in [4.78, 5) is 26.1. The van der Waals surface area contributed by atoms with Gasteiger partial charge in [0.15, 0.2) is 0 Å². The summed E-state index contributed by atoms with van der Waals surface area (Å²) < 4.78 is 29.9. The molecule has 1 heterocycles. The maximum absolute atomic E-state index is 14.8. The van der Waals surface area contributed by atoms with Crippen molar-refractivity contribution in [2.45, 2.75) is 37.8 Å². The molecule has 0 spiro atoms. The Morgan fingerprint density at radius 3 is 2.52 bits per heavy atom. The molecule has 9 heteroatoms. The molecule has 0 radical (unpaired) electrons. The van der Waals surface area contributed by atoms with Crippen molar-refractivity contribution in [2.24, 2.45) is 0 Å². The summed E-state index contributed by atoms with van der Waals surface area (Å²) in [5.41, 5.74) is 0.502. The lowest BCUT2D eigenvalue weighted by Crippen LogP contribution is -2.39. The summed E-state index contributed by atoms with van der Waals surface area (Å²) in [6.07, 6.45) is 2.32. The second kappa shape index (κ2) is 9.23. The Balaban J connectivity index is 2.01. The number of hydrogen-bond acceptors (Lipinski definition) is 8. The molecule has 1 fully saturated rings. The molecule has 2 aliphatic rings. The maximum Gasteiger partial charge on any atom is 0.355 e. The van der Waals surface area contributed by atoms with Crippen LogP contribution in [0.25, 0.3) is 0 Å². The summed E-state index contributed by atoms with van der Waals surface area (Å²) in [6.45, 7) is -0.182. The number of rotatable bonds is 5. The number of aliphatic hydroxyl groups is 1. The Morgan fingerprint density at radius 2 is 1.86 bits per heavy atom. The Labute approximate surface area is 168 Å². The quantitative estimate of drug-likeness (QED) is 0.714. The zero-order valence-electron chi connectivity index (χ0n) is 16.4. The number of halogens is 1. The first-order chi connectivity index (χ1) is 14.0. The molecule has 1 saturated carbocycles. The van der Waals surface area contributed by atoms with Crippen molar-refractivity contribution in [1.29, 1.82) is 0 Å². The van der Waals surface area contributed by atoms with Crippen LogP contribution in [0.2, 0.25) is 0 Å². The third-order valence-electron chi connectivity index (χ3n) is 5.16. The lowest BCUT2D eigenvalue weighted by Gasteiger charge is -2.34. The number of esters is 2. The normalized spacial score (nSPS) is 22.3. The van der Waals surface area contributed by atoms with E-state index in [9.17, 15) is 19.1 Å². The van der Waals surface area contributed by atoms with E-state index in [0.29, 0.717) is 31.4 Å². The van der Waals surface area contributed by atoms with Crippen molar-refractivity contribution < 1.29 is 33.3 Å². The van der Waals surface area contributed by atoms with Gasteiger partial charge in [0.2, 0.25) is 0 Å². The van der Waals surface area contributed by atoms with Crippen LogP contribution in [0.4, 0.5) is 15.8 Å². The third kappa shape index (κ3) is 4.51. The largest absolute Gasteiger partial charge is 0.466 e. The van der Waals surface area contributed by atoms with Gasteiger partial charge in [0.05, 0.1) is 43.9 Å². The van der Waals surface area contributed by atoms with Crippen molar-refractivity contribution in [2.75, 3.05) is 37.8 Å². The van der Waals surface area contributed by atoms with E-state index in [2.05, 4.69) is 5.32 Å². The molecule has 2 N–H and O–H groups in total. The van der Waals surface area contributed by atoms with Crippen molar-refractivity contribution in [3.05, 3.63) is 35.3 Å². The first kappa shape index (κ1) is 21.1. The van der Waals surface area contributed by atoms with Crippen LogP contribution in [0.15, 0.2) is 29.5 Å². The SMILES string of the molecule is COC(=O)C1=C(C(=O)OC)N(c2cccc(F)c2NC2CCC(O)CC2)COC1. The second-order valence-corrected chi connectivity index (χ2v) is 7.00. The molecular weight excluding hydrogens is 383 g/mol. The first-order valence-corrected chi connectivity index (χ1v) is 9.44. The van der Waals surface area contributed by atoms with E-state index in [-0.39, 0.29) is 42.4 Å². The number of ether oxygens (including phenoxy) is 3. The molecule has 1 aliphatic carbocycles. The highest BCUT2D eigenvalue weighted by atomic mass is 19.1. The molecule has 0 atom stereocenters. The molecule has 1 aliphatic heterocycles. The van der Waals surface area contributed by atoms with E-state index in [1.54, 1.807) is 6.07 Å². The topological polar surface area (TPSA) is 97.3 Å². The van der Waals surface area contributed by atoms with Crippen molar-refractivity contribution in [3.63, 3.8) is 0 Å². The van der Waals surface area contributed by atoms with Crippen LogP contribution < -0.4 is 10.2 Å². The molecule has 1 aromatic rings. The molecule has 0 saturated heterocycles. The van der Waals surface area contributed by atoms with Gasteiger partial charge in [-0.05, 0) is 37.8 Å². The maximum atomic E-state index is 14.8. The van der Waals surface area contributed by atoms with E-state index in [1.807, 2.05) is 0 Å². The highest BCUT2D eigenvalue weighted by Gasteiger charge is 2.34. The number of carbonyl (C=O) groups is 2. The first-order valence-electron chi connectivity index (χ1n) is 9.44. The van der Waals surface area contributed by atoms with Gasteiger partial charge in [-0.2, -0.15) is 0 Å². The van der Waals surface area contributed by atoms with Crippen LogP contribution in [0.3, 0.4) is 0 Å². The number of hydrogen-bond donors (Lipinski definition) is 2. The third-order valence-corrected chi connectivity index (χ3v) is 5.16. The number of anilines is 2. The number of nitrogens with one attached hydrogen (secondary N) is 1. The minimum Gasteiger partial charge on any atom is -0.466 e. The molecule has 158 valence electrons. The Hall–Kier alpha value is -2.65. The summed E-state index contributed by atoms with van der Waals surface area (Å²) >= 11 is 0. The average molecular weight is 408 g/mol. The number of para-hydroxylation sites is 1. The fourth-order valence-electron chi connectivity index (χ4n) is 3.64. The minimum absolute atomic E-state index is 0.00148. The molecular formula is C20H25FN2O6. The molecule has 8 nitrogen and oxygen atoms in total. The molecule has 0 bridgehead atoms. The standard InChI is InChI=1S/C20H25FN2O6/c1-27-19(25)14-10-29-11-23(18(14)20(26)28-2)16-5-3-4-15(21)17(16)22-12-6-8-13(24)9-7-12/h3-5,12-13,22,24H,6-11H2,1-2H3. The van der Waals surface area contributed by atoms with Gasteiger partial charge in [0.1, 0.15) is 18.2 Å². The Kier molecular flexibility index (Phi) is 6.71. The van der Waals surface area contributed by atoms with Crippen molar-refractivity contribution in [1.82, 2.24) is 0 Å². The molecule has 0 unspecified atom stereocenters. The monoisotopic (exact) mass is 408 g/mol. The van der Waals surface area contributed by atoms with Crippen LogP contribution in [-0.4, -0.2) is 56.7 Å². The number of nitrogens with zero attached hydrogens (tertiary/aromatic N) is 1. The zero-order chi connectivity index (χ0) is 21.0. The number of methoxy groups -OCH3 is 2. The predicted molar refractivity (Wildman–Crippen MR) is 103 cm³/mol. The van der Waals surface area contributed by atoms with Crippen molar-refractivity contribution in [3.8, 4) is 0 Å². The predicted octanol–water partition coefficient (Wildman–Crippen LogP) is 1.94.